The van der Waals surface area contributed by atoms with E-state index in [1.165, 1.54) is 5.69 Å². The van der Waals surface area contributed by atoms with E-state index in [0.717, 1.165) is 19.6 Å². The zero-order chi connectivity index (χ0) is 9.10. The van der Waals surface area contributed by atoms with E-state index in [1.54, 1.807) is 0 Å². The number of pyridine rings is 1. The molecule has 0 amide bonds. The highest BCUT2D eigenvalue weighted by atomic mass is 15.2. The molecule has 2 rings (SSSR count). The van der Waals surface area contributed by atoms with Gasteiger partial charge in [0.2, 0.25) is 0 Å². The standard InChI is InChI=1S/C10H15N3/c1-9-8-13(7-6-12-9)10-2-4-11-5-3-10/h2-5,9,12H,6-8H2,1H3. The first-order valence-electron chi connectivity index (χ1n) is 4.74. The largest absolute Gasteiger partial charge is 0.369 e. The Balaban J connectivity index is 2.08. The molecule has 1 aromatic heterocycles. The van der Waals surface area contributed by atoms with Crippen LogP contribution in [0.3, 0.4) is 0 Å². The van der Waals surface area contributed by atoms with Crippen LogP contribution in [0, 0.1) is 0 Å². The zero-order valence-electron chi connectivity index (χ0n) is 7.90. The molecule has 70 valence electrons. The number of aromatic nitrogens is 1. The minimum Gasteiger partial charge on any atom is -0.369 e. The zero-order valence-corrected chi connectivity index (χ0v) is 7.90. The minimum absolute atomic E-state index is 0.585. The molecule has 13 heavy (non-hydrogen) atoms. The monoisotopic (exact) mass is 177 g/mol. The van der Waals surface area contributed by atoms with Gasteiger partial charge in [0.05, 0.1) is 0 Å². The molecule has 1 aliphatic heterocycles. The number of piperazine rings is 1. The van der Waals surface area contributed by atoms with E-state index >= 15 is 0 Å². The van der Waals surface area contributed by atoms with Crippen molar-refractivity contribution in [1.29, 1.82) is 0 Å². The highest BCUT2D eigenvalue weighted by Crippen LogP contribution is 2.13. The Hall–Kier alpha value is -1.09. The number of nitrogens with zero attached hydrogens (tertiary/aromatic N) is 2. The van der Waals surface area contributed by atoms with Crippen molar-refractivity contribution in [3.63, 3.8) is 0 Å². The summed E-state index contributed by atoms with van der Waals surface area (Å²) in [4.78, 5) is 6.41. The molecule has 3 nitrogen and oxygen atoms in total. The van der Waals surface area contributed by atoms with Gasteiger partial charge in [-0.05, 0) is 19.1 Å². The lowest BCUT2D eigenvalue weighted by Crippen LogP contribution is -2.49. The highest BCUT2D eigenvalue weighted by Gasteiger charge is 2.14. The lowest BCUT2D eigenvalue weighted by Gasteiger charge is -2.33. The van der Waals surface area contributed by atoms with E-state index in [-0.39, 0.29) is 0 Å². The van der Waals surface area contributed by atoms with Crippen molar-refractivity contribution < 1.29 is 0 Å². The van der Waals surface area contributed by atoms with E-state index in [2.05, 4.69) is 34.3 Å². The molecule has 1 aromatic rings. The van der Waals surface area contributed by atoms with Gasteiger partial charge in [-0.25, -0.2) is 0 Å². The number of rotatable bonds is 1. The van der Waals surface area contributed by atoms with Gasteiger partial charge >= 0.3 is 0 Å². The molecule has 1 saturated heterocycles. The molecule has 3 heteroatoms. The van der Waals surface area contributed by atoms with Crippen molar-refractivity contribution in [1.82, 2.24) is 10.3 Å². The summed E-state index contributed by atoms with van der Waals surface area (Å²) >= 11 is 0. The Labute approximate surface area is 78.8 Å². The molecular formula is C10H15N3. The predicted molar refractivity (Wildman–Crippen MR) is 53.9 cm³/mol. The molecule has 0 aromatic carbocycles. The lowest BCUT2D eigenvalue weighted by atomic mass is 10.2. The molecule has 1 aliphatic rings. The second-order valence-corrected chi connectivity index (χ2v) is 3.51. The summed E-state index contributed by atoms with van der Waals surface area (Å²) in [7, 11) is 0. The maximum absolute atomic E-state index is 4.02. The average molecular weight is 177 g/mol. The van der Waals surface area contributed by atoms with Crippen molar-refractivity contribution in [2.45, 2.75) is 13.0 Å². The van der Waals surface area contributed by atoms with Crippen LogP contribution in [0.2, 0.25) is 0 Å². The van der Waals surface area contributed by atoms with Gasteiger partial charge in [0, 0.05) is 43.8 Å². The maximum Gasteiger partial charge on any atom is 0.0398 e. The summed E-state index contributed by atoms with van der Waals surface area (Å²) in [6.45, 7) is 5.47. The number of hydrogen-bond donors (Lipinski definition) is 1. The molecule has 0 radical (unpaired) electrons. The highest BCUT2D eigenvalue weighted by molar-refractivity contribution is 5.45. The van der Waals surface area contributed by atoms with E-state index in [1.807, 2.05) is 12.4 Å². The minimum atomic E-state index is 0.585. The lowest BCUT2D eigenvalue weighted by molar-refractivity contribution is 0.485. The van der Waals surface area contributed by atoms with Crippen molar-refractivity contribution in [2.75, 3.05) is 24.5 Å². The average Bonchev–Trinajstić information content (AvgIpc) is 2.19. The summed E-state index contributed by atoms with van der Waals surface area (Å²) in [6.07, 6.45) is 3.70. The van der Waals surface area contributed by atoms with Gasteiger partial charge in [-0.15, -0.1) is 0 Å². The van der Waals surface area contributed by atoms with Crippen LogP contribution >= 0.6 is 0 Å². The Morgan fingerprint density at radius 3 is 2.92 bits per heavy atom. The number of anilines is 1. The second-order valence-electron chi connectivity index (χ2n) is 3.51. The molecule has 1 unspecified atom stereocenters. The fraction of sp³-hybridized carbons (Fsp3) is 0.500. The molecular weight excluding hydrogens is 162 g/mol. The Kier molecular flexibility index (Phi) is 2.45. The van der Waals surface area contributed by atoms with Crippen LogP contribution in [-0.2, 0) is 0 Å². The van der Waals surface area contributed by atoms with Crippen LogP contribution in [0.5, 0.6) is 0 Å². The van der Waals surface area contributed by atoms with Crippen LogP contribution in [0.25, 0.3) is 0 Å². The Bertz CT molecular complexity index is 260. The second kappa shape index (κ2) is 3.75. The van der Waals surface area contributed by atoms with Crippen molar-refractivity contribution in [3.05, 3.63) is 24.5 Å². The van der Waals surface area contributed by atoms with Gasteiger partial charge in [-0.2, -0.15) is 0 Å². The molecule has 1 N–H and O–H groups in total. The van der Waals surface area contributed by atoms with Gasteiger partial charge in [-0.1, -0.05) is 0 Å². The summed E-state index contributed by atoms with van der Waals surface area (Å²) in [5.74, 6) is 0. The number of nitrogens with one attached hydrogen (secondary N) is 1. The fourth-order valence-corrected chi connectivity index (χ4v) is 1.72. The Morgan fingerprint density at radius 2 is 2.23 bits per heavy atom. The first kappa shape index (κ1) is 8.51. The van der Waals surface area contributed by atoms with Crippen molar-refractivity contribution in [3.8, 4) is 0 Å². The van der Waals surface area contributed by atoms with Gasteiger partial charge in [0.1, 0.15) is 0 Å². The molecule has 0 saturated carbocycles. The first-order valence-corrected chi connectivity index (χ1v) is 4.74. The quantitative estimate of drug-likeness (QED) is 0.690. The van der Waals surface area contributed by atoms with Gasteiger partial charge in [0.15, 0.2) is 0 Å². The third-order valence-electron chi connectivity index (χ3n) is 2.40. The predicted octanol–water partition coefficient (Wildman–Crippen LogP) is 0.880. The first-order chi connectivity index (χ1) is 6.36. The molecule has 1 fully saturated rings. The van der Waals surface area contributed by atoms with Crippen LogP contribution in [-0.4, -0.2) is 30.7 Å². The molecule has 1 atom stereocenters. The summed E-state index contributed by atoms with van der Waals surface area (Å²) in [6, 6.07) is 4.72. The fourth-order valence-electron chi connectivity index (χ4n) is 1.72. The van der Waals surface area contributed by atoms with Crippen LogP contribution in [0.15, 0.2) is 24.5 Å². The summed E-state index contributed by atoms with van der Waals surface area (Å²) < 4.78 is 0. The molecule has 0 spiro atoms. The molecule has 0 aliphatic carbocycles. The summed E-state index contributed by atoms with van der Waals surface area (Å²) in [5.41, 5.74) is 1.28. The number of hydrogen-bond acceptors (Lipinski definition) is 3. The third kappa shape index (κ3) is 1.98. The SMILES string of the molecule is CC1CN(c2ccncc2)CCN1. The Morgan fingerprint density at radius 1 is 1.46 bits per heavy atom. The van der Waals surface area contributed by atoms with Crippen LogP contribution in [0.4, 0.5) is 5.69 Å². The van der Waals surface area contributed by atoms with E-state index in [9.17, 15) is 0 Å². The van der Waals surface area contributed by atoms with Crippen LogP contribution in [0.1, 0.15) is 6.92 Å². The van der Waals surface area contributed by atoms with E-state index in [0.29, 0.717) is 6.04 Å². The van der Waals surface area contributed by atoms with E-state index < -0.39 is 0 Å². The van der Waals surface area contributed by atoms with Crippen LogP contribution < -0.4 is 10.2 Å². The molecule has 0 bridgehead atoms. The summed E-state index contributed by atoms with van der Waals surface area (Å²) in [5, 5.41) is 3.42. The van der Waals surface area contributed by atoms with E-state index in [4.69, 9.17) is 0 Å². The third-order valence-corrected chi connectivity index (χ3v) is 2.40. The van der Waals surface area contributed by atoms with Gasteiger partial charge in [0.25, 0.3) is 0 Å². The topological polar surface area (TPSA) is 28.2 Å². The normalized spacial score (nSPS) is 23.2. The van der Waals surface area contributed by atoms with Gasteiger partial charge in [-0.3, -0.25) is 4.98 Å². The van der Waals surface area contributed by atoms with Crippen molar-refractivity contribution in [2.24, 2.45) is 0 Å². The smallest absolute Gasteiger partial charge is 0.0398 e. The maximum atomic E-state index is 4.02. The molecule has 2 heterocycles. The van der Waals surface area contributed by atoms with Crippen molar-refractivity contribution >= 4 is 5.69 Å². The van der Waals surface area contributed by atoms with Gasteiger partial charge < -0.3 is 10.2 Å².